The zero-order chi connectivity index (χ0) is 16.3. The van der Waals surface area contributed by atoms with Gasteiger partial charge in [-0.1, -0.05) is 12.1 Å². The van der Waals surface area contributed by atoms with Crippen molar-refractivity contribution in [3.8, 4) is 0 Å². The van der Waals surface area contributed by atoms with Crippen molar-refractivity contribution < 1.29 is 18.0 Å². The average Bonchev–Trinajstić information content (AvgIpc) is 2.39. The molecule has 116 valence electrons. The number of halogens is 3. The molecule has 7 heteroatoms. The van der Waals surface area contributed by atoms with Crippen molar-refractivity contribution >= 4 is 23.1 Å². The summed E-state index contributed by atoms with van der Waals surface area (Å²) in [6.45, 7) is 1.87. The SMILES string of the molecule is Cc1cccc(NC(=O)Nc2ccc(C(F)(F)F)cc2N)c1. The summed E-state index contributed by atoms with van der Waals surface area (Å²) in [6.07, 6.45) is -4.48. The van der Waals surface area contributed by atoms with Crippen LogP contribution in [0.3, 0.4) is 0 Å². The first-order valence-electron chi connectivity index (χ1n) is 6.37. The molecule has 0 saturated heterocycles. The van der Waals surface area contributed by atoms with Crippen LogP contribution in [0.15, 0.2) is 42.5 Å². The first-order valence-corrected chi connectivity index (χ1v) is 6.37. The van der Waals surface area contributed by atoms with Crippen molar-refractivity contribution in [2.45, 2.75) is 13.1 Å². The number of nitrogens with two attached hydrogens (primary N) is 1. The van der Waals surface area contributed by atoms with E-state index in [1.54, 1.807) is 18.2 Å². The Morgan fingerprint density at radius 3 is 2.41 bits per heavy atom. The first kappa shape index (κ1) is 15.7. The zero-order valence-electron chi connectivity index (χ0n) is 11.7. The average molecular weight is 309 g/mol. The van der Waals surface area contributed by atoms with E-state index in [0.29, 0.717) is 5.69 Å². The summed E-state index contributed by atoms with van der Waals surface area (Å²) in [5.74, 6) is 0. The van der Waals surface area contributed by atoms with Gasteiger partial charge >= 0.3 is 12.2 Å². The van der Waals surface area contributed by atoms with Gasteiger partial charge in [-0.15, -0.1) is 0 Å². The van der Waals surface area contributed by atoms with Gasteiger partial charge in [0.15, 0.2) is 0 Å². The fraction of sp³-hybridized carbons (Fsp3) is 0.133. The number of hydrogen-bond donors (Lipinski definition) is 3. The third-order valence-corrected chi connectivity index (χ3v) is 2.90. The van der Waals surface area contributed by atoms with E-state index in [1.165, 1.54) is 0 Å². The molecule has 0 atom stereocenters. The number of aryl methyl sites for hydroxylation is 1. The highest BCUT2D eigenvalue weighted by molar-refractivity contribution is 6.01. The van der Waals surface area contributed by atoms with Crippen molar-refractivity contribution in [2.75, 3.05) is 16.4 Å². The summed E-state index contributed by atoms with van der Waals surface area (Å²) in [5.41, 5.74) is 6.16. The maximum atomic E-state index is 12.5. The van der Waals surface area contributed by atoms with Crippen molar-refractivity contribution in [3.63, 3.8) is 0 Å². The van der Waals surface area contributed by atoms with Gasteiger partial charge in [0.2, 0.25) is 0 Å². The number of carbonyl (C=O) groups is 1. The van der Waals surface area contributed by atoms with Gasteiger partial charge in [0, 0.05) is 5.69 Å². The van der Waals surface area contributed by atoms with Crippen molar-refractivity contribution in [3.05, 3.63) is 53.6 Å². The fourth-order valence-electron chi connectivity index (χ4n) is 1.86. The number of nitrogen functional groups attached to an aromatic ring is 1. The number of rotatable bonds is 2. The van der Waals surface area contributed by atoms with Crippen LogP contribution in [-0.2, 0) is 6.18 Å². The minimum atomic E-state index is -4.48. The molecule has 0 saturated carbocycles. The number of alkyl halides is 3. The Hall–Kier alpha value is -2.70. The van der Waals surface area contributed by atoms with Crippen LogP contribution < -0.4 is 16.4 Å². The summed E-state index contributed by atoms with van der Waals surface area (Å²) in [6, 6.07) is 9.28. The Morgan fingerprint density at radius 1 is 1.09 bits per heavy atom. The van der Waals surface area contributed by atoms with Crippen LogP contribution in [0.2, 0.25) is 0 Å². The number of benzene rings is 2. The molecule has 0 heterocycles. The maximum absolute atomic E-state index is 12.5. The van der Waals surface area contributed by atoms with E-state index >= 15 is 0 Å². The largest absolute Gasteiger partial charge is 0.416 e. The van der Waals surface area contributed by atoms with Gasteiger partial charge in [-0.3, -0.25) is 0 Å². The lowest BCUT2D eigenvalue weighted by molar-refractivity contribution is -0.137. The highest BCUT2D eigenvalue weighted by Gasteiger charge is 2.30. The Morgan fingerprint density at radius 2 is 1.82 bits per heavy atom. The summed E-state index contributed by atoms with van der Waals surface area (Å²) >= 11 is 0. The van der Waals surface area contributed by atoms with E-state index in [2.05, 4.69) is 10.6 Å². The van der Waals surface area contributed by atoms with Crippen molar-refractivity contribution in [2.24, 2.45) is 0 Å². The Labute approximate surface area is 125 Å². The standard InChI is InChI=1S/C15H14F3N3O/c1-9-3-2-4-11(7-9)20-14(22)21-13-6-5-10(8-12(13)19)15(16,17)18/h2-8H,19H2,1H3,(H2,20,21,22). The topological polar surface area (TPSA) is 67.2 Å². The highest BCUT2D eigenvalue weighted by atomic mass is 19.4. The van der Waals surface area contributed by atoms with Crippen LogP contribution in [0, 0.1) is 6.92 Å². The second-order valence-corrected chi connectivity index (χ2v) is 4.75. The molecule has 4 N–H and O–H groups in total. The molecule has 2 amide bonds. The van der Waals surface area contributed by atoms with Crippen molar-refractivity contribution in [1.82, 2.24) is 0 Å². The van der Waals surface area contributed by atoms with E-state index in [1.807, 2.05) is 13.0 Å². The van der Waals surface area contributed by atoms with Crippen LogP contribution >= 0.6 is 0 Å². The van der Waals surface area contributed by atoms with E-state index in [-0.39, 0.29) is 11.4 Å². The van der Waals surface area contributed by atoms with Crippen LogP contribution in [-0.4, -0.2) is 6.03 Å². The maximum Gasteiger partial charge on any atom is 0.416 e. The predicted molar refractivity (Wildman–Crippen MR) is 79.7 cm³/mol. The summed E-state index contributed by atoms with van der Waals surface area (Å²) in [7, 11) is 0. The lowest BCUT2D eigenvalue weighted by atomic mass is 10.1. The second-order valence-electron chi connectivity index (χ2n) is 4.75. The van der Waals surface area contributed by atoms with Crippen LogP contribution in [0.1, 0.15) is 11.1 Å². The zero-order valence-corrected chi connectivity index (χ0v) is 11.7. The molecule has 0 unspecified atom stereocenters. The molecule has 0 spiro atoms. The Balaban J connectivity index is 2.09. The van der Waals surface area contributed by atoms with Crippen LogP contribution in [0.5, 0.6) is 0 Å². The molecule has 2 aromatic carbocycles. The first-order chi connectivity index (χ1) is 10.3. The van der Waals surface area contributed by atoms with Gasteiger partial charge in [0.05, 0.1) is 16.9 Å². The molecule has 0 aromatic heterocycles. The molecule has 2 rings (SSSR count). The number of nitrogens with one attached hydrogen (secondary N) is 2. The lowest BCUT2D eigenvalue weighted by Crippen LogP contribution is -2.20. The number of urea groups is 1. The third kappa shape index (κ3) is 3.91. The molecule has 4 nitrogen and oxygen atoms in total. The van der Waals surface area contributed by atoms with E-state index in [9.17, 15) is 18.0 Å². The highest BCUT2D eigenvalue weighted by Crippen LogP contribution is 2.32. The third-order valence-electron chi connectivity index (χ3n) is 2.90. The normalized spacial score (nSPS) is 11.1. The molecular weight excluding hydrogens is 295 g/mol. The summed E-state index contributed by atoms with van der Waals surface area (Å²) in [4.78, 5) is 11.8. The molecule has 2 aromatic rings. The molecule has 0 bridgehead atoms. The molecular formula is C15H14F3N3O. The monoisotopic (exact) mass is 309 g/mol. The summed E-state index contributed by atoms with van der Waals surface area (Å²) < 4.78 is 37.6. The van der Waals surface area contributed by atoms with Crippen LogP contribution in [0.4, 0.5) is 35.0 Å². The molecule has 0 aliphatic rings. The fourth-order valence-corrected chi connectivity index (χ4v) is 1.86. The lowest BCUT2D eigenvalue weighted by Gasteiger charge is -2.12. The predicted octanol–water partition coefficient (Wildman–Crippen LogP) is 4.24. The van der Waals surface area contributed by atoms with E-state index < -0.39 is 17.8 Å². The van der Waals surface area contributed by atoms with Crippen LogP contribution in [0.25, 0.3) is 0 Å². The Bertz CT molecular complexity index is 699. The smallest absolute Gasteiger partial charge is 0.397 e. The van der Waals surface area contributed by atoms with Gasteiger partial charge < -0.3 is 16.4 Å². The van der Waals surface area contributed by atoms with E-state index in [0.717, 1.165) is 23.8 Å². The Kier molecular flexibility index (Phi) is 4.25. The number of amides is 2. The quantitative estimate of drug-likeness (QED) is 0.726. The molecule has 0 aliphatic carbocycles. The van der Waals surface area contributed by atoms with Gasteiger partial charge in [0.25, 0.3) is 0 Å². The minimum absolute atomic E-state index is 0.109. The van der Waals surface area contributed by atoms with Crippen molar-refractivity contribution in [1.29, 1.82) is 0 Å². The van der Waals surface area contributed by atoms with E-state index in [4.69, 9.17) is 5.73 Å². The molecule has 0 radical (unpaired) electrons. The second kappa shape index (κ2) is 5.97. The van der Waals surface area contributed by atoms with Gasteiger partial charge in [-0.05, 0) is 42.8 Å². The van der Waals surface area contributed by atoms with Gasteiger partial charge in [-0.2, -0.15) is 13.2 Å². The number of carbonyl (C=O) groups excluding carboxylic acids is 1. The summed E-state index contributed by atoms with van der Waals surface area (Å²) in [5, 5.41) is 4.99. The molecule has 22 heavy (non-hydrogen) atoms. The van der Waals surface area contributed by atoms with Gasteiger partial charge in [-0.25, -0.2) is 4.79 Å². The molecule has 0 aliphatic heterocycles. The molecule has 0 fully saturated rings. The minimum Gasteiger partial charge on any atom is -0.397 e. The number of hydrogen-bond acceptors (Lipinski definition) is 2. The number of anilines is 3. The van der Waals surface area contributed by atoms with Gasteiger partial charge in [0.1, 0.15) is 0 Å².